The van der Waals surface area contributed by atoms with E-state index in [0.29, 0.717) is 24.5 Å². The molecule has 0 radical (unpaired) electrons. The topological polar surface area (TPSA) is 78.3 Å². The van der Waals surface area contributed by atoms with Gasteiger partial charge in [-0.1, -0.05) is 26.8 Å². The third-order valence-corrected chi connectivity index (χ3v) is 4.72. The third kappa shape index (κ3) is 4.97. The van der Waals surface area contributed by atoms with Crippen molar-refractivity contribution in [3.05, 3.63) is 59.9 Å². The van der Waals surface area contributed by atoms with Crippen LogP contribution in [0.3, 0.4) is 0 Å². The van der Waals surface area contributed by atoms with E-state index in [9.17, 15) is 4.79 Å². The van der Waals surface area contributed by atoms with Gasteiger partial charge < -0.3 is 14.8 Å². The van der Waals surface area contributed by atoms with E-state index in [1.54, 1.807) is 25.1 Å². The number of hydrogen-bond acceptors (Lipinski definition) is 5. The van der Waals surface area contributed by atoms with Gasteiger partial charge in [-0.15, -0.1) is 0 Å². The fourth-order valence-electron chi connectivity index (χ4n) is 3.02. The molecule has 0 saturated carbocycles. The molecule has 0 aliphatic rings. The maximum Gasteiger partial charge on any atom is 0.225 e. The second-order valence-electron chi connectivity index (χ2n) is 7.99. The van der Waals surface area contributed by atoms with E-state index < -0.39 is 0 Å². The van der Waals surface area contributed by atoms with Crippen molar-refractivity contribution >= 4 is 11.7 Å². The first kappa shape index (κ1) is 21.4. The standard InChI is InChI=1S/C23H28N4O3/c1-23(2,3)19-15-21(27(26-19)20-8-6-7-13-24-20)25-22(28)12-9-16-14-17(29-4)10-11-18(16)30-5/h6-8,10-11,13-15H,9,12H2,1-5H3,(H,25,28). The molecule has 1 aromatic carbocycles. The maximum atomic E-state index is 12.7. The summed E-state index contributed by atoms with van der Waals surface area (Å²) in [6.45, 7) is 6.25. The number of methoxy groups -OCH3 is 2. The van der Waals surface area contributed by atoms with Crippen molar-refractivity contribution in [1.82, 2.24) is 14.8 Å². The summed E-state index contributed by atoms with van der Waals surface area (Å²) < 4.78 is 12.4. The minimum Gasteiger partial charge on any atom is -0.497 e. The Morgan fingerprint density at radius 2 is 1.90 bits per heavy atom. The SMILES string of the molecule is COc1ccc(OC)c(CCC(=O)Nc2cc(C(C)(C)C)nn2-c2ccccn2)c1. The number of rotatable bonds is 7. The van der Waals surface area contributed by atoms with Crippen molar-refractivity contribution < 1.29 is 14.3 Å². The monoisotopic (exact) mass is 408 g/mol. The first-order valence-electron chi connectivity index (χ1n) is 9.84. The van der Waals surface area contributed by atoms with E-state index in [0.717, 1.165) is 22.8 Å². The van der Waals surface area contributed by atoms with Crippen molar-refractivity contribution in [3.63, 3.8) is 0 Å². The number of aryl methyl sites for hydroxylation is 1. The summed E-state index contributed by atoms with van der Waals surface area (Å²) in [5.74, 6) is 2.60. The molecule has 1 N–H and O–H groups in total. The fourth-order valence-corrected chi connectivity index (χ4v) is 3.02. The second kappa shape index (κ2) is 8.98. The second-order valence-corrected chi connectivity index (χ2v) is 7.99. The van der Waals surface area contributed by atoms with Gasteiger partial charge >= 0.3 is 0 Å². The molecular formula is C23H28N4O3. The molecule has 7 nitrogen and oxygen atoms in total. The Labute approximate surface area is 177 Å². The van der Waals surface area contributed by atoms with Gasteiger partial charge in [-0.25, -0.2) is 4.98 Å². The smallest absolute Gasteiger partial charge is 0.225 e. The number of nitrogens with one attached hydrogen (secondary N) is 1. The van der Waals surface area contributed by atoms with E-state index in [4.69, 9.17) is 9.47 Å². The van der Waals surface area contributed by atoms with Crippen LogP contribution in [-0.4, -0.2) is 34.9 Å². The Balaban J connectivity index is 1.79. The molecule has 0 fully saturated rings. The Kier molecular flexibility index (Phi) is 6.40. The average Bonchev–Trinajstić information content (AvgIpc) is 3.17. The summed E-state index contributed by atoms with van der Waals surface area (Å²) in [5.41, 5.74) is 1.63. The van der Waals surface area contributed by atoms with Crippen LogP contribution in [0.4, 0.5) is 5.82 Å². The van der Waals surface area contributed by atoms with Gasteiger partial charge in [-0.2, -0.15) is 9.78 Å². The molecule has 0 aliphatic carbocycles. The number of carbonyl (C=O) groups is 1. The first-order chi connectivity index (χ1) is 14.3. The minimum absolute atomic E-state index is 0.114. The zero-order valence-corrected chi connectivity index (χ0v) is 18.1. The quantitative estimate of drug-likeness (QED) is 0.635. The molecule has 30 heavy (non-hydrogen) atoms. The number of anilines is 1. The van der Waals surface area contributed by atoms with Gasteiger partial charge in [-0.3, -0.25) is 4.79 Å². The van der Waals surface area contributed by atoms with Gasteiger partial charge in [0.1, 0.15) is 17.3 Å². The normalized spacial score (nSPS) is 11.2. The Morgan fingerprint density at radius 3 is 2.53 bits per heavy atom. The number of nitrogens with zero attached hydrogens (tertiary/aromatic N) is 3. The fraction of sp³-hybridized carbons (Fsp3) is 0.348. The molecule has 1 amide bonds. The van der Waals surface area contributed by atoms with Crippen molar-refractivity contribution in [1.29, 1.82) is 0 Å². The lowest BCUT2D eigenvalue weighted by Gasteiger charge is -2.13. The van der Waals surface area contributed by atoms with Crippen molar-refractivity contribution in [2.75, 3.05) is 19.5 Å². The first-order valence-corrected chi connectivity index (χ1v) is 9.84. The zero-order valence-electron chi connectivity index (χ0n) is 18.1. The van der Waals surface area contributed by atoms with Crippen molar-refractivity contribution in [3.8, 4) is 17.3 Å². The number of amides is 1. The van der Waals surface area contributed by atoms with Gasteiger partial charge in [0.2, 0.25) is 5.91 Å². The molecule has 0 atom stereocenters. The summed E-state index contributed by atoms with van der Waals surface area (Å²) in [5, 5.41) is 7.66. The van der Waals surface area contributed by atoms with Gasteiger partial charge in [-0.05, 0) is 42.3 Å². The highest BCUT2D eigenvalue weighted by Gasteiger charge is 2.22. The summed E-state index contributed by atoms with van der Waals surface area (Å²) in [6, 6.07) is 13.1. The van der Waals surface area contributed by atoms with E-state index in [1.807, 2.05) is 42.5 Å². The van der Waals surface area contributed by atoms with Crippen molar-refractivity contribution in [2.24, 2.45) is 0 Å². The van der Waals surface area contributed by atoms with Crippen LogP contribution in [0, 0.1) is 0 Å². The number of hydrogen-bond donors (Lipinski definition) is 1. The molecule has 0 aliphatic heterocycles. The van der Waals surface area contributed by atoms with E-state index in [1.165, 1.54) is 0 Å². The lowest BCUT2D eigenvalue weighted by atomic mass is 9.92. The zero-order chi connectivity index (χ0) is 21.7. The van der Waals surface area contributed by atoms with E-state index in [-0.39, 0.29) is 11.3 Å². The summed E-state index contributed by atoms with van der Waals surface area (Å²) >= 11 is 0. The van der Waals surface area contributed by atoms with Crippen LogP contribution in [0.15, 0.2) is 48.7 Å². The number of pyridine rings is 1. The molecule has 3 rings (SSSR count). The highest BCUT2D eigenvalue weighted by atomic mass is 16.5. The van der Waals surface area contributed by atoms with Gasteiger partial charge in [0.05, 0.1) is 19.9 Å². The molecular weight excluding hydrogens is 380 g/mol. The molecule has 158 valence electrons. The Bertz CT molecular complexity index is 1010. The average molecular weight is 409 g/mol. The third-order valence-electron chi connectivity index (χ3n) is 4.72. The van der Waals surface area contributed by atoms with E-state index >= 15 is 0 Å². The van der Waals surface area contributed by atoms with Crippen molar-refractivity contribution in [2.45, 2.75) is 39.0 Å². The summed E-state index contributed by atoms with van der Waals surface area (Å²) in [7, 11) is 3.23. The lowest BCUT2D eigenvalue weighted by Crippen LogP contribution is -2.16. The predicted octanol–water partition coefficient (Wildman–Crippen LogP) is 4.15. The van der Waals surface area contributed by atoms with Gasteiger partial charge in [0.15, 0.2) is 5.82 Å². The van der Waals surface area contributed by atoms with E-state index in [2.05, 4.69) is 36.2 Å². The number of ether oxygens (including phenoxy) is 2. The largest absolute Gasteiger partial charge is 0.497 e. The number of benzene rings is 1. The summed E-state index contributed by atoms with van der Waals surface area (Å²) in [6.07, 6.45) is 2.52. The molecule has 7 heteroatoms. The van der Waals surface area contributed by atoms with Gasteiger partial charge in [0.25, 0.3) is 0 Å². The summed E-state index contributed by atoms with van der Waals surface area (Å²) in [4.78, 5) is 17.1. The predicted molar refractivity (Wildman–Crippen MR) is 117 cm³/mol. The van der Waals surface area contributed by atoms with Crippen LogP contribution in [0.2, 0.25) is 0 Å². The van der Waals surface area contributed by atoms with Gasteiger partial charge in [0, 0.05) is 24.1 Å². The Morgan fingerprint density at radius 1 is 1.10 bits per heavy atom. The van der Waals surface area contributed by atoms with Crippen LogP contribution in [0.1, 0.15) is 38.4 Å². The van der Waals surface area contributed by atoms with Crippen LogP contribution in [-0.2, 0) is 16.6 Å². The lowest BCUT2D eigenvalue weighted by molar-refractivity contribution is -0.116. The molecule has 0 unspecified atom stereocenters. The minimum atomic E-state index is -0.159. The van der Waals surface area contributed by atoms with Crippen LogP contribution < -0.4 is 14.8 Å². The molecule has 2 heterocycles. The maximum absolute atomic E-state index is 12.7. The molecule has 0 saturated heterocycles. The van der Waals surface area contributed by atoms with Crippen LogP contribution in [0.5, 0.6) is 11.5 Å². The molecule has 3 aromatic rings. The van der Waals surface area contributed by atoms with Crippen LogP contribution in [0.25, 0.3) is 5.82 Å². The number of aromatic nitrogens is 3. The Hall–Kier alpha value is -3.35. The van der Waals surface area contributed by atoms with Crippen LogP contribution >= 0.6 is 0 Å². The number of carbonyl (C=O) groups excluding carboxylic acids is 1. The highest BCUT2D eigenvalue weighted by Crippen LogP contribution is 2.27. The molecule has 0 bridgehead atoms. The molecule has 2 aromatic heterocycles. The molecule has 0 spiro atoms. The highest BCUT2D eigenvalue weighted by molar-refractivity contribution is 5.90.